The number of benzene rings is 2. The van der Waals surface area contributed by atoms with Crippen molar-refractivity contribution in [1.29, 1.82) is 0 Å². The van der Waals surface area contributed by atoms with Crippen LogP contribution in [0.3, 0.4) is 0 Å². The molecule has 5 nitrogen and oxygen atoms in total. The third-order valence-corrected chi connectivity index (χ3v) is 3.47. The van der Waals surface area contributed by atoms with E-state index in [9.17, 15) is 14.7 Å². The van der Waals surface area contributed by atoms with Crippen LogP contribution < -0.4 is 5.32 Å². The van der Waals surface area contributed by atoms with E-state index in [2.05, 4.69) is 5.32 Å². The normalized spacial score (nSPS) is 12.3. The molecule has 2 rings (SSSR count). The molecule has 132 valence electrons. The van der Waals surface area contributed by atoms with Gasteiger partial charge in [-0.1, -0.05) is 24.3 Å². The highest BCUT2D eigenvalue weighted by molar-refractivity contribution is 5.92. The number of ether oxygens (including phenoxy) is 1. The van der Waals surface area contributed by atoms with E-state index in [1.165, 1.54) is 0 Å². The highest BCUT2D eigenvalue weighted by Crippen LogP contribution is 2.22. The number of phenols is 1. The molecule has 1 amide bonds. The Hall–Kier alpha value is -2.82. The SMILES string of the molecule is C[C@@H](OC(=O)c1ccc(-c2ccc(O)cc2)cc1)C(=O)NC(C)(C)C. The molecule has 0 aliphatic heterocycles. The Balaban J connectivity index is 2.03. The van der Waals surface area contributed by atoms with Crippen molar-refractivity contribution in [3.05, 3.63) is 54.1 Å². The second kappa shape index (κ2) is 7.38. The molecule has 0 aliphatic rings. The van der Waals surface area contributed by atoms with Gasteiger partial charge in [0.25, 0.3) is 5.91 Å². The quantitative estimate of drug-likeness (QED) is 0.834. The van der Waals surface area contributed by atoms with Gasteiger partial charge >= 0.3 is 5.97 Å². The molecule has 0 bridgehead atoms. The minimum absolute atomic E-state index is 0.200. The Morgan fingerprint density at radius 2 is 1.44 bits per heavy atom. The summed E-state index contributed by atoms with van der Waals surface area (Å²) >= 11 is 0. The predicted molar refractivity (Wildman–Crippen MR) is 96.3 cm³/mol. The number of hydrogen-bond acceptors (Lipinski definition) is 4. The Morgan fingerprint density at radius 1 is 0.960 bits per heavy atom. The van der Waals surface area contributed by atoms with Crippen molar-refractivity contribution in [2.24, 2.45) is 0 Å². The van der Waals surface area contributed by atoms with Gasteiger partial charge in [-0.25, -0.2) is 4.79 Å². The summed E-state index contributed by atoms with van der Waals surface area (Å²) in [6.07, 6.45) is -0.872. The number of rotatable bonds is 4. The van der Waals surface area contributed by atoms with Crippen LogP contribution in [0.4, 0.5) is 0 Å². The van der Waals surface area contributed by atoms with Crippen molar-refractivity contribution in [3.63, 3.8) is 0 Å². The lowest BCUT2D eigenvalue weighted by molar-refractivity contribution is -0.130. The van der Waals surface area contributed by atoms with Gasteiger partial charge in [0, 0.05) is 5.54 Å². The molecule has 0 fully saturated rings. The van der Waals surface area contributed by atoms with Crippen molar-refractivity contribution in [2.75, 3.05) is 0 Å². The third-order valence-electron chi connectivity index (χ3n) is 3.47. The molecule has 2 aromatic carbocycles. The highest BCUT2D eigenvalue weighted by atomic mass is 16.5. The summed E-state index contributed by atoms with van der Waals surface area (Å²) in [4.78, 5) is 24.2. The van der Waals surface area contributed by atoms with Crippen molar-refractivity contribution >= 4 is 11.9 Å². The fraction of sp³-hybridized carbons (Fsp3) is 0.300. The lowest BCUT2D eigenvalue weighted by Crippen LogP contribution is -2.46. The summed E-state index contributed by atoms with van der Waals surface area (Å²) < 4.78 is 5.22. The van der Waals surface area contributed by atoms with Gasteiger partial charge in [-0.3, -0.25) is 4.79 Å². The minimum atomic E-state index is -0.872. The third kappa shape index (κ3) is 5.35. The Bertz CT molecular complexity index is 743. The fourth-order valence-electron chi connectivity index (χ4n) is 2.21. The summed E-state index contributed by atoms with van der Waals surface area (Å²) in [6, 6.07) is 13.7. The lowest BCUT2D eigenvalue weighted by Gasteiger charge is -2.23. The number of nitrogens with one attached hydrogen (secondary N) is 1. The number of phenolic OH excluding ortho intramolecular Hbond substituents is 1. The fourth-order valence-corrected chi connectivity index (χ4v) is 2.21. The number of carbonyl (C=O) groups is 2. The zero-order chi connectivity index (χ0) is 18.6. The molecule has 0 aromatic heterocycles. The smallest absolute Gasteiger partial charge is 0.338 e. The van der Waals surface area contributed by atoms with E-state index in [1.807, 2.05) is 20.8 Å². The number of esters is 1. The summed E-state index contributed by atoms with van der Waals surface area (Å²) in [5, 5.41) is 12.1. The molecule has 0 unspecified atom stereocenters. The number of aromatic hydroxyl groups is 1. The molecule has 0 spiro atoms. The monoisotopic (exact) mass is 341 g/mol. The van der Waals surface area contributed by atoms with Gasteiger partial charge < -0.3 is 15.2 Å². The summed E-state index contributed by atoms with van der Waals surface area (Å²) in [5.41, 5.74) is 1.83. The first-order valence-corrected chi connectivity index (χ1v) is 8.08. The van der Waals surface area contributed by atoms with Crippen LogP contribution in [0.15, 0.2) is 48.5 Å². The number of amides is 1. The molecule has 0 heterocycles. The maximum Gasteiger partial charge on any atom is 0.338 e. The zero-order valence-corrected chi connectivity index (χ0v) is 14.9. The van der Waals surface area contributed by atoms with Gasteiger partial charge in [0.1, 0.15) is 5.75 Å². The van der Waals surface area contributed by atoms with E-state index >= 15 is 0 Å². The standard InChI is InChI=1S/C20H23NO4/c1-13(18(23)21-20(2,3)4)25-19(24)16-7-5-14(6-8-16)15-9-11-17(22)12-10-15/h5-13,22H,1-4H3,(H,21,23)/t13-/m1/s1. The van der Waals surface area contributed by atoms with Gasteiger partial charge in [-0.05, 0) is 63.1 Å². The van der Waals surface area contributed by atoms with E-state index in [-0.39, 0.29) is 17.2 Å². The van der Waals surface area contributed by atoms with Crippen molar-refractivity contribution in [1.82, 2.24) is 5.32 Å². The van der Waals surface area contributed by atoms with Gasteiger partial charge in [0.05, 0.1) is 5.56 Å². The topological polar surface area (TPSA) is 75.6 Å². The minimum Gasteiger partial charge on any atom is -0.508 e. The highest BCUT2D eigenvalue weighted by Gasteiger charge is 2.22. The van der Waals surface area contributed by atoms with Gasteiger partial charge in [-0.2, -0.15) is 0 Å². The first kappa shape index (κ1) is 18.5. The maximum absolute atomic E-state index is 12.2. The molecular weight excluding hydrogens is 318 g/mol. The van der Waals surface area contributed by atoms with Crippen LogP contribution in [0.1, 0.15) is 38.1 Å². The zero-order valence-electron chi connectivity index (χ0n) is 14.9. The van der Waals surface area contributed by atoms with Crippen LogP contribution in [0.25, 0.3) is 11.1 Å². The molecule has 25 heavy (non-hydrogen) atoms. The number of carbonyl (C=O) groups excluding carboxylic acids is 2. The first-order chi connectivity index (χ1) is 11.7. The van der Waals surface area contributed by atoms with E-state index in [0.29, 0.717) is 5.56 Å². The van der Waals surface area contributed by atoms with Crippen molar-refractivity contribution in [3.8, 4) is 16.9 Å². The number of hydrogen-bond donors (Lipinski definition) is 2. The average Bonchev–Trinajstić information content (AvgIpc) is 2.54. The van der Waals surface area contributed by atoms with Crippen LogP contribution in [0.2, 0.25) is 0 Å². The van der Waals surface area contributed by atoms with E-state index in [0.717, 1.165) is 11.1 Å². The average molecular weight is 341 g/mol. The van der Waals surface area contributed by atoms with E-state index in [1.54, 1.807) is 55.5 Å². The van der Waals surface area contributed by atoms with Crippen LogP contribution in [0, 0.1) is 0 Å². The maximum atomic E-state index is 12.2. The summed E-state index contributed by atoms with van der Waals surface area (Å²) in [5.74, 6) is -0.679. The Kier molecular flexibility index (Phi) is 5.47. The molecule has 0 aliphatic carbocycles. The van der Waals surface area contributed by atoms with Crippen molar-refractivity contribution < 1.29 is 19.4 Å². The van der Waals surface area contributed by atoms with E-state index in [4.69, 9.17) is 4.74 Å². The lowest BCUT2D eigenvalue weighted by atomic mass is 10.0. The Labute approximate surface area is 147 Å². The second-order valence-electron chi connectivity index (χ2n) is 6.91. The van der Waals surface area contributed by atoms with Gasteiger partial charge in [0.15, 0.2) is 6.10 Å². The van der Waals surface area contributed by atoms with Crippen LogP contribution in [0.5, 0.6) is 5.75 Å². The largest absolute Gasteiger partial charge is 0.508 e. The predicted octanol–water partition coefficient (Wildman–Crippen LogP) is 3.52. The second-order valence-corrected chi connectivity index (χ2v) is 6.91. The molecule has 0 saturated heterocycles. The first-order valence-electron chi connectivity index (χ1n) is 8.08. The van der Waals surface area contributed by atoms with Crippen LogP contribution in [-0.2, 0) is 9.53 Å². The molecule has 0 saturated carbocycles. The molecule has 2 aromatic rings. The molecule has 0 radical (unpaired) electrons. The summed E-state index contributed by atoms with van der Waals surface area (Å²) in [7, 11) is 0. The van der Waals surface area contributed by atoms with Gasteiger partial charge in [0.2, 0.25) is 0 Å². The van der Waals surface area contributed by atoms with Gasteiger partial charge in [-0.15, -0.1) is 0 Å². The molecule has 5 heteroatoms. The Morgan fingerprint density at radius 3 is 1.92 bits per heavy atom. The van der Waals surface area contributed by atoms with Crippen molar-refractivity contribution in [2.45, 2.75) is 39.3 Å². The summed E-state index contributed by atoms with van der Waals surface area (Å²) in [6.45, 7) is 7.13. The van der Waals surface area contributed by atoms with E-state index < -0.39 is 12.1 Å². The molecule has 2 N–H and O–H groups in total. The van der Waals surface area contributed by atoms with Crippen LogP contribution >= 0.6 is 0 Å². The molecular formula is C20H23NO4. The molecule has 1 atom stereocenters. The van der Waals surface area contributed by atoms with Crippen LogP contribution in [-0.4, -0.2) is 28.6 Å².